The van der Waals surface area contributed by atoms with Crippen molar-refractivity contribution in [3.8, 4) is 0 Å². The second-order valence-corrected chi connectivity index (χ2v) is 3.98. The maximum absolute atomic E-state index is 9.78. The maximum Gasteiger partial charge on any atom is 0.106 e. The van der Waals surface area contributed by atoms with Gasteiger partial charge in [-0.15, -0.1) is 0 Å². The highest BCUT2D eigenvalue weighted by molar-refractivity contribution is 9.10. The molecule has 0 saturated carbocycles. The molecule has 0 amide bonds. The summed E-state index contributed by atoms with van der Waals surface area (Å²) in [6.07, 6.45) is -0.221. The molecule has 0 fully saturated rings. The third-order valence-corrected chi connectivity index (χ3v) is 2.48. The summed E-state index contributed by atoms with van der Waals surface area (Å²) >= 11 is 3.17. The zero-order valence-corrected chi connectivity index (χ0v) is 9.95. The lowest BCUT2D eigenvalue weighted by Gasteiger charge is -2.17. The Morgan fingerprint density at radius 1 is 1.56 bits per heavy atom. The molecule has 1 heterocycles. The number of rotatable bonds is 5. The summed E-state index contributed by atoms with van der Waals surface area (Å²) in [5, 5.41) is 22.7. The molecule has 0 aliphatic carbocycles. The van der Waals surface area contributed by atoms with Crippen LogP contribution < -0.4 is 0 Å². The highest BCUT2D eigenvalue weighted by Crippen LogP contribution is 2.20. The fourth-order valence-corrected chi connectivity index (χ4v) is 1.60. The first-order chi connectivity index (χ1) is 7.65. The van der Waals surface area contributed by atoms with E-state index in [4.69, 9.17) is 5.53 Å². The van der Waals surface area contributed by atoms with Gasteiger partial charge in [-0.3, -0.25) is 0 Å². The minimum Gasteiger partial charge on any atom is -0.390 e. The molecule has 86 valence electrons. The third kappa shape index (κ3) is 3.79. The largest absolute Gasteiger partial charge is 0.390 e. The highest BCUT2D eigenvalue weighted by Gasteiger charge is 2.17. The number of aliphatic hydroxyl groups is 2. The van der Waals surface area contributed by atoms with Gasteiger partial charge in [-0.25, -0.2) is 4.98 Å². The van der Waals surface area contributed by atoms with E-state index in [2.05, 4.69) is 30.9 Å². The number of hydrogen-bond acceptors (Lipinski definition) is 4. The summed E-state index contributed by atoms with van der Waals surface area (Å²) in [5.74, 6) is 0. The molecule has 1 aromatic rings. The van der Waals surface area contributed by atoms with Crippen LogP contribution in [0.4, 0.5) is 0 Å². The molecule has 16 heavy (non-hydrogen) atoms. The van der Waals surface area contributed by atoms with E-state index >= 15 is 0 Å². The third-order valence-electron chi connectivity index (χ3n) is 2.04. The molecule has 0 aromatic carbocycles. The molecule has 2 N–H and O–H groups in total. The zero-order chi connectivity index (χ0) is 12.0. The molecule has 0 spiro atoms. The van der Waals surface area contributed by atoms with Crippen molar-refractivity contribution in [2.75, 3.05) is 6.54 Å². The van der Waals surface area contributed by atoms with Gasteiger partial charge in [0.05, 0.1) is 6.10 Å². The summed E-state index contributed by atoms with van der Waals surface area (Å²) in [7, 11) is 0. The summed E-state index contributed by atoms with van der Waals surface area (Å²) in [6.45, 7) is 0.154. The van der Waals surface area contributed by atoms with Crippen LogP contribution in [0.15, 0.2) is 28.0 Å². The lowest BCUT2D eigenvalue weighted by molar-refractivity contribution is 0.0149. The van der Waals surface area contributed by atoms with Gasteiger partial charge in [0.1, 0.15) is 10.7 Å². The van der Waals surface area contributed by atoms with Crippen molar-refractivity contribution < 1.29 is 10.2 Å². The van der Waals surface area contributed by atoms with Gasteiger partial charge in [-0.2, -0.15) is 0 Å². The standard InChI is InChI=1S/C9H11BrN4O2/c10-8-5-6(1-3-12-8)9(16)7(15)2-4-13-14-11/h1,3,5,7,9,15-16H,2,4H2. The van der Waals surface area contributed by atoms with Crippen LogP contribution >= 0.6 is 15.9 Å². The SMILES string of the molecule is [N-]=[N+]=NCCC(O)C(O)c1ccnc(Br)c1. The van der Waals surface area contributed by atoms with Crippen molar-refractivity contribution in [3.63, 3.8) is 0 Å². The first-order valence-corrected chi connectivity index (χ1v) is 5.43. The summed E-state index contributed by atoms with van der Waals surface area (Å²) in [5.41, 5.74) is 8.64. The molecular weight excluding hydrogens is 276 g/mol. The van der Waals surface area contributed by atoms with Crippen LogP contribution in [0.5, 0.6) is 0 Å². The van der Waals surface area contributed by atoms with Crippen molar-refractivity contribution in [1.82, 2.24) is 4.98 Å². The van der Waals surface area contributed by atoms with Gasteiger partial charge >= 0.3 is 0 Å². The molecule has 2 unspecified atom stereocenters. The average Bonchev–Trinajstić information content (AvgIpc) is 2.28. The van der Waals surface area contributed by atoms with Crippen molar-refractivity contribution in [2.24, 2.45) is 5.11 Å². The van der Waals surface area contributed by atoms with Crippen molar-refractivity contribution >= 4 is 15.9 Å². The predicted molar refractivity (Wildman–Crippen MR) is 61.5 cm³/mol. The normalized spacial score (nSPS) is 13.9. The second-order valence-electron chi connectivity index (χ2n) is 3.17. The summed E-state index contributed by atoms with van der Waals surface area (Å²) < 4.78 is 0.589. The van der Waals surface area contributed by atoms with E-state index in [0.717, 1.165) is 0 Å². The molecule has 1 aromatic heterocycles. The number of nitrogens with zero attached hydrogens (tertiary/aromatic N) is 4. The summed E-state index contributed by atoms with van der Waals surface area (Å²) in [4.78, 5) is 6.48. The fraction of sp³-hybridized carbons (Fsp3) is 0.444. The average molecular weight is 287 g/mol. The topological polar surface area (TPSA) is 102 Å². The van der Waals surface area contributed by atoms with E-state index in [1.165, 1.54) is 6.20 Å². The number of hydrogen-bond donors (Lipinski definition) is 2. The van der Waals surface area contributed by atoms with Crippen LogP contribution in [0.1, 0.15) is 18.1 Å². The van der Waals surface area contributed by atoms with Gasteiger partial charge < -0.3 is 10.2 Å². The maximum atomic E-state index is 9.78. The summed E-state index contributed by atoms with van der Waals surface area (Å²) in [6, 6.07) is 3.24. The van der Waals surface area contributed by atoms with Crippen LogP contribution in [0.25, 0.3) is 10.4 Å². The van der Waals surface area contributed by atoms with E-state index in [9.17, 15) is 10.2 Å². The first-order valence-electron chi connectivity index (χ1n) is 4.63. The molecule has 0 bridgehead atoms. The number of azide groups is 1. The monoisotopic (exact) mass is 286 g/mol. The fourth-order valence-electron chi connectivity index (χ4n) is 1.22. The zero-order valence-electron chi connectivity index (χ0n) is 8.36. The number of halogens is 1. The lowest BCUT2D eigenvalue weighted by Crippen LogP contribution is -2.19. The molecule has 6 nitrogen and oxygen atoms in total. The Morgan fingerprint density at radius 2 is 2.31 bits per heavy atom. The molecular formula is C9H11BrN4O2. The van der Waals surface area contributed by atoms with Crippen LogP contribution in [0.3, 0.4) is 0 Å². The van der Waals surface area contributed by atoms with Gasteiger partial charge in [0.15, 0.2) is 0 Å². The molecule has 7 heteroatoms. The number of pyridine rings is 1. The Kier molecular flexibility index (Phi) is 5.21. The highest BCUT2D eigenvalue weighted by atomic mass is 79.9. The molecule has 0 saturated heterocycles. The first kappa shape index (κ1) is 12.9. The van der Waals surface area contributed by atoms with Crippen molar-refractivity contribution in [1.29, 1.82) is 0 Å². The number of aliphatic hydroxyl groups excluding tert-OH is 2. The Labute approximate surface area is 101 Å². The van der Waals surface area contributed by atoms with E-state index in [1.807, 2.05) is 0 Å². The van der Waals surface area contributed by atoms with Gasteiger partial charge in [-0.05, 0) is 45.6 Å². The Hall–Kier alpha value is -1.14. The van der Waals surface area contributed by atoms with Gasteiger partial charge in [0.25, 0.3) is 0 Å². The Bertz CT molecular complexity index is 395. The minimum atomic E-state index is -1.01. The molecule has 0 radical (unpaired) electrons. The smallest absolute Gasteiger partial charge is 0.106 e. The number of aromatic nitrogens is 1. The van der Waals surface area contributed by atoms with Crippen LogP contribution in [-0.2, 0) is 0 Å². The Morgan fingerprint density at radius 3 is 2.94 bits per heavy atom. The van der Waals surface area contributed by atoms with Gasteiger partial charge in [0.2, 0.25) is 0 Å². The second kappa shape index (κ2) is 6.44. The van der Waals surface area contributed by atoms with Crippen LogP contribution in [0, 0.1) is 0 Å². The predicted octanol–water partition coefficient (Wildman–Crippen LogP) is 1.94. The van der Waals surface area contributed by atoms with Crippen molar-refractivity contribution in [2.45, 2.75) is 18.6 Å². The molecule has 0 aliphatic rings. The van der Waals surface area contributed by atoms with E-state index in [0.29, 0.717) is 10.2 Å². The van der Waals surface area contributed by atoms with Gasteiger partial charge in [-0.1, -0.05) is 5.11 Å². The lowest BCUT2D eigenvalue weighted by atomic mass is 10.0. The van der Waals surface area contributed by atoms with E-state index in [1.54, 1.807) is 12.1 Å². The Balaban J connectivity index is 2.62. The van der Waals surface area contributed by atoms with Crippen molar-refractivity contribution in [3.05, 3.63) is 38.9 Å². The molecule has 0 aliphatic heterocycles. The van der Waals surface area contributed by atoms with Gasteiger partial charge in [0, 0.05) is 17.7 Å². The van der Waals surface area contributed by atoms with E-state index < -0.39 is 12.2 Å². The van der Waals surface area contributed by atoms with E-state index in [-0.39, 0.29) is 13.0 Å². The quantitative estimate of drug-likeness (QED) is 0.374. The molecule has 1 rings (SSSR count). The minimum absolute atomic E-state index is 0.154. The molecule has 2 atom stereocenters. The van der Waals surface area contributed by atoms with Crippen LogP contribution in [0.2, 0.25) is 0 Å². The van der Waals surface area contributed by atoms with Crippen LogP contribution in [-0.4, -0.2) is 27.8 Å².